The third-order valence-electron chi connectivity index (χ3n) is 2.64. The van der Waals surface area contributed by atoms with Crippen molar-refractivity contribution >= 4 is 12.0 Å². The SMILES string of the molecule is CN(Cc1cn[nH]c1)C(=O)N(CC(=O)O)C(C)(C)C. The molecule has 0 radical (unpaired) electrons. The van der Waals surface area contributed by atoms with Gasteiger partial charge in [-0.3, -0.25) is 9.89 Å². The largest absolute Gasteiger partial charge is 0.480 e. The number of aromatic nitrogens is 2. The van der Waals surface area contributed by atoms with Crippen molar-refractivity contribution in [3.63, 3.8) is 0 Å². The number of carboxylic acids is 1. The Morgan fingerprint density at radius 3 is 2.47 bits per heavy atom. The summed E-state index contributed by atoms with van der Waals surface area (Å²) in [6, 6.07) is -0.323. The summed E-state index contributed by atoms with van der Waals surface area (Å²) in [6.07, 6.45) is 3.32. The minimum Gasteiger partial charge on any atom is -0.480 e. The number of nitrogens with one attached hydrogen (secondary N) is 1. The average molecular weight is 268 g/mol. The summed E-state index contributed by atoms with van der Waals surface area (Å²) in [5, 5.41) is 15.4. The second kappa shape index (κ2) is 5.73. The number of aromatic amines is 1. The molecule has 7 heteroatoms. The Kier molecular flexibility index (Phi) is 4.52. The molecule has 0 aliphatic rings. The molecule has 1 aromatic rings. The molecular formula is C12H20N4O3. The fraction of sp³-hybridized carbons (Fsp3) is 0.583. The lowest BCUT2D eigenvalue weighted by Crippen LogP contribution is -2.52. The van der Waals surface area contributed by atoms with Gasteiger partial charge in [0.1, 0.15) is 6.54 Å². The zero-order chi connectivity index (χ0) is 14.6. The van der Waals surface area contributed by atoms with Crippen molar-refractivity contribution in [1.82, 2.24) is 20.0 Å². The van der Waals surface area contributed by atoms with Gasteiger partial charge in [-0.05, 0) is 20.8 Å². The second-order valence-electron chi connectivity index (χ2n) is 5.40. The maximum Gasteiger partial charge on any atom is 0.323 e. The van der Waals surface area contributed by atoms with Crippen molar-refractivity contribution in [2.75, 3.05) is 13.6 Å². The molecule has 0 saturated carbocycles. The quantitative estimate of drug-likeness (QED) is 0.857. The maximum atomic E-state index is 12.3. The van der Waals surface area contributed by atoms with Gasteiger partial charge < -0.3 is 14.9 Å². The summed E-state index contributed by atoms with van der Waals surface area (Å²) in [4.78, 5) is 26.0. The van der Waals surface area contributed by atoms with E-state index >= 15 is 0 Å². The number of hydrogen-bond donors (Lipinski definition) is 2. The molecule has 0 unspecified atom stereocenters. The Morgan fingerprint density at radius 1 is 1.42 bits per heavy atom. The average Bonchev–Trinajstić information content (AvgIpc) is 2.75. The normalized spacial score (nSPS) is 11.2. The number of hydrogen-bond acceptors (Lipinski definition) is 3. The maximum absolute atomic E-state index is 12.3. The first-order valence-electron chi connectivity index (χ1n) is 5.94. The number of H-pyrrole nitrogens is 1. The van der Waals surface area contributed by atoms with Crippen molar-refractivity contribution in [3.05, 3.63) is 18.0 Å². The first kappa shape index (κ1) is 15.0. The van der Waals surface area contributed by atoms with Gasteiger partial charge in [-0.1, -0.05) is 0 Å². The van der Waals surface area contributed by atoms with Gasteiger partial charge in [-0.25, -0.2) is 4.79 Å². The van der Waals surface area contributed by atoms with Gasteiger partial charge in [0.2, 0.25) is 0 Å². The van der Waals surface area contributed by atoms with Gasteiger partial charge in [0.25, 0.3) is 0 Å². The highest BCUT2D eigenvalue weighted by molar-refractivity contribution is 5.80. The van der Waals surface area contributed by atoms with Gasteiger partial charge in [0.15, 0.2) is 0 Å². The lowest BCUT2D eigenvalue weighted by molar-refractivity contribution is -0.138. The summed E-state index contributed by atoms with van der Waals surface area (Å²) < 4.78 is 0. The van der Waals surface area contributed by atoms with Crippen LogP contribution in [0.1, 0.15) is 26.3 Å². The molecule has 0 aliphatic carbocycles. The molecule has 0 saturated heterocycles. The molecule has 0 fully saturated rings. The van der Waals surface area contributed by atoms with E-state index in [0.29, 0.717) is 6.54 Å². The van der Waals surface area contributed by atoms with Crippen LogP contribution in [0.25, 0.3) is 0 Å². The third kappa shape index (κ3) is 4.27. The summed E-state index contributed by atoms with van der Waals surface area (Å²) >= 11 is 0. The van der Waals surface area contributed by atoms with E-state index in [1.165, 1.54) is 9.80 Å². The van der Waals surface area contributed by atoms with E-state index in [1.54, 1.807) is 40.2 Å². The highest BCUT2D eigenvalue weighted by atomic mass is 16.4. The lowest BCUT2D eigenvalue weighted by Gasteiger charge is -2.37. The molecule has 1 rings (SSSR count). The van der Waals surface area contributed by atoms with Gasteiger partial charge in [0.05, 0.1) is 12.7 Å². The van der Waals surface area contributed by atoms with E-state index in [0.717, 1.165) is 5.56 Å². The summed E-state index contributed by atoms with van der Waals surface area (Å²) in [6.45, 7) is 5.47. The molecule has 19 heavy (non-hydrogen) atoms. The van der Waals surface area contributed by atoms with E-state index in [4.69, 9.17) is 5.11 Å². The highest BCUT2D eigenvalue weighted by Gasteiger charge is 2.30. The van der Waals surface area contributed by atoms with E-state index in [2.05, 4.69) is 10.2 Å². The van der Waals surface area contributed by atoms with Crippen LogP contribution < -0.4 is 0 Å². The Labute approximate surface area is 112 Å². The van der Waals surface area contributed by atoms with Crippen LogP contribution in [0.2, 0.25) is 0 Å². The molecule has 0 atom stereocenters. The molecule has 1 heterocycles. The van der Waals surface area contributed by atoms with Gasteiger partial charge in [0, 0.05) is 24.3 Å². The van der Waals surface area contributed by atoms with Gasteiger partial charge in [-0.2, -0.15) is 5.10 Å². The molecule has 7 nitrogen and oxygen atoms in total. The fourth-order valence-electron chi connectivity index (χ4n) is 1.64. The van der Waals surface area contributed by atoms with Crippen LogP contribution in [-0.4, -0.2) is 56.2 Å². The Hall–Kier alpha value is -2.05. The lowest BCUT2D eigenvalue weighted by atomic mass is 10.1. The standard InChI is InChI=1S/C12H20N4O3/c1-12(2,3)16(8-10(17)18)11(19)15(4)7-9-5-13-14-6-9/h5-6H,7-8H2,1-4H3,(H,13,14)(H,17,18). The number of rotatable bonds is 4. The minimum atomic E-state index is -1.03. The van der Waals surface area contributed by atoms with E-state index < -0.39 is 11.5 Å². The van der Waals surface area contributed by atoms with Crippen LogP contribution in [0, 0.1) is 0 Å². The number of amides is 2. The number of carboxylic acid groups (broad SMARTS) is 1. The number of carbonyl (C=O) groups is 2. The molecule has 0 spiro atoms. The summed E-state index contributed by atoms with van der Waals surface area (Å²) in [7, 11) is 1.63. The fourth-order valence-corrected chi connectivity index (χ4v) is 1.64. The van der Waals surface area contributed by atoms with Crippen LogP contribution in [0.3, 0.4) is 0 Å². The highest BCUT2D eigenvalue weighted by Crippen LogP contribution is 2.16. The van der Waals surface area contributed by atoms with E-state index in [1.807, 2.05) is 0 Å². The van der Waals surface area contributed by atoms with Crippen molar-refractivity contribution in [3.8, 4) is 0 Å². The molecule has 2 N–H and O–H groups in total. The first-order valence-corrected chi connectivity index (χ1v) is 5.94. The molecule has 1 aromatic heterocycles. The zero-order valence-corrected chi connectivity index (χ0v) is 11.7. The van der Waals surface area contributed by atoms with Crippen molar-refractivity contribution in [1.29, 1.82) is 0 Å². The molecule has 0 aliphatic heterocycles. The molecule has 0 aromatic carbocycles. The number of nitrogens with zero attached hydrogens (tertiary/aromatic N) is 3. The van der Waals surface area contributed by atoms with Gasteiger partial charge in [-0.15, -0.1) is 0 Å². The Morgan fingerprint density at radius 2 is 2.05 bits per heavy atom. The van der Waals surface area contributed by atoms with E-state index in [9.17, 15) is 9.59 Å². The Balaban J connectivity index is 2.78. The third-order valence-corrected chi connectivity index (χ3v) is 2.64. The van der Waals surface area contributed by atoms with Crippen LogP contribution >= 0.6 is 0 Å². The summed E-state index contributed by atoms with van der Waals surface area (Å²) in [5.41, 5.74) is 0.306. The van der Waals surface area contributed by atoms with Gasteiger partial charge >= 0.3 is 12.0 Å². The first-order chi connectivity index (χ1) is 8.71. The molecule has 106 valence electrons. The molecule has 0 bridgehead atoms. The Bertz CT molecular complexity index is 436. The van der Waals surface area contributed by atoms with Crippen LogP contribution in [0.4, 0.5) is 4.79 Å². The van der Waals surface area contributed by atoms with Crippen LogP contribution in [0.15, 0.2) is 12.4 Å². The summed E-state index contributed by atoms with van der Waals surface area (Å²) in [5.74, 6) is -1.03. The number of carbonyl (C=O) groups excluding carboxylic acids is 1. The van der Waals surface area contributed by atoms with E-state index in [-0.39, 0.29) is 12.6 Å². The molecule has 2 amide bonds. The predicted octanol–water partition coefficient (Wildman–Crippen LogP) is 1.15. The van der Waals surface area contributed by atoms with Crippen LogP contribution in [0.5, 0.6) is 0 Å². The number of aliphatic carboxylic acids is 1. The topological polar surface area (TPSA) is 89.5 Å². The minimum absolute atomic E-state index is 0.321. The van der Waals surface area contributed by atoms with Crippen molar-refractivity contribution in [2.45, 2.75) is 32.9 Å². The predicted molar refractivity (Wildman–Crippen MR) is 69.5 cm³/mol. The smallest absolute Gasteiger partial charge is 0.323 e. The van der Waals surface area contributed by atoms with Crippen molar-refractivity contribution < 1.29 is 14.7 Å². The zero-order valence-electron chi connectivity index (χ0n) is 11.7. The number of urea groups is 1. The van der Waals surface area contributed by atoms with Crippen LogP contribution in [-0.2, 0) is 11.3 Å². The molecular weight excluding hydrogens is 248 g/mol. The monoisotopic (exact) mass is 268 g/mol. The van der Waals surface area contributed by atoms with Crippen molar-refractivity contribution in [2.24, 2.45) is 0 Å². The second-order valence-corrected chi connectivity index (χ2v) is 5.40.